The fraction of sp³-hybridized carbons (Fsp3) is 0.200. The Morgan fingerprint density at radius 2 is 1.72 bits per heavy atom. The fourth-order valence-corrected chi connectivity index (χ4v) is 4.09. The summed E-state index contributed by atoms with van der Waals surface area (Å²) in [5, 5.41) is 4.59. The lowest BCUT2D eigenvalue weighted by atomic mass is 9.95. The molecule has 0 amide bonds. The Morgan fingerprint density at radius 1 is 0.897 bits per heavy atom. The van der Waals surface area contributed by atoms with Crippen molar-refractivity contribution in [2.24, 2.45) is 0 Å². The molecule has 0 bridgehead atoms. The summed E-state index contributed by atoms with van der Waals surface area (Å²) in [6.07, 6.45) is 1.03. The number of rotatable bonds is 4. The molecule has 0 radical (unpaired) electrons. The lowest BCUT2D eigenvalue weighted by Crippen LogP contribution is -2.32. The summed E-state index contributed by atoms with van der Waals surface area (Å²) in [5.74, 6) is 1.69. The van der Waals surface area contributed by atoms with Gasteiger partial charge in [0.2, 0.25) is 5.95 Å². The number of nitrogens with one attached hydrogen (secondary N) is 1. The summed E-state index contributed by atoms with van der Waals surface area (Å²) in [6.45, 7) is 4.73. The SMILES string of the molecule is Cc1cccc2c1CCN(c1nc(NCc3ccccc3)c3ccccc3n1)C2. The van der Waals surface area contributed by atoms with Gasteiger partial charge in [0.1, 0.15) is 5.82 Å². The van der Waals surface area contributed by atoms with Crippen molar-refractivity contribution in [2.75, 3.05) is 16.8 Å². The van der Waals surface area contributed by atoms with Crippen LogP contribution in [0.1, 0.15) is 22.3 Å². The van der Waals surface area contributed by atoms with Gasteiger partial charge >= 0.3 is 0 Å². The standard InChI is InChI=1S/C25H24N4/c1-18-8-7-11-20-17-29(15-14-21(18)20)25-27-23-13-6-5-12-22(23)24(28-25)26-16-19-9-3-2-4-10-19/h2-13H,14-17H2,1H3,(H,26,27,28). The highest BCUT2D eigenvalue weighted by Gasteiger charge is 2.21. The highest BCUT2D eigenvalue weighted by atomic mass is 15.3. The van der Waals surface area contributed by atoms with Gasteiger partial charge < -0.3 is 10.2 Å². The third kappa shape index (κ3) is 3.54. The topological polar surface area (TPSA) is 41.1 Å². The number of aryl methyl sites for hydroxylation is 1. The van der Waals surface area contributed by atoms with Gasteiger partial charge in [0.25, 0.3) is 0 Å². The third-order valence-corrected chi connectivity index (χ3v) is 5.68. The van der Waals surface area contributed by atoms with Gasteiger partial charge in [-0.1, -0.05) is 60.7 Å². The maximum atomic E-state index is 4.94. The van der Waals surface area contributed by atoms with E-state index in [9.17, 15) is 0 Å². The van der Waals surface area contributed by atoms with E-state index in [-0.39, 0.29) is 0 Å². The average Bonchev–Trinajstić information content (AvgIpc) is 2.78. The minimum absolute atomic E-state index is 0.739. The van der Waals surface area contributed by atoms with Crippen LogP contribution in [-0.4, -0.2) is 16.5 Å². The zero-order valence-corrected chi connectivity index (χ0v) is 16.6. The number of hydrogen-bond acceptors (Lipinski definition) is 4. The first kappa shape index (κ1) is 17.7. The zero-order chi connectivity index (χ0) is 19.6. The first-order valence-electron chi connectivity index (χ1n) is 10.1. The smallest absolute Gasteiger partial charge is 0.228 e. The number of hydrogen-bond donors (Lipinski definition) is 1. The molecule has 3 aromatic carbocycles. The molecule has 4 heteroatoms. The molecule has 1 aromatic heterocycles. The van der Waals surface area contributed by atoms with E-state index in [1.54, 1.807) is 0 Å². The average molecular weight is 380 g/mol. The normalized spacial score (nSPS) is 13.3. The number of nitrogens with zero attached hydrogens (tertiary/aromatic N) is 3. The molecule has 0 spiro atoms. The van der Waals surface area contributed by atoms with Gasteiger partial charge in [0.05, 0.1) is 5.52 Å². The first-order valence-corrected chi connectivity index (χ1v) is 10.1. The summed E-state index contributed by atoms with van der Waals surface area (Å²) in [4.78, 5) is 12.1. The molecule has 144 valence electrons. The van der Waals surface area contributed by atoms with Gasteiger partial charge in [0.15, 0.2) is 0 Å². The molecule has 0 saturated carbocycles. The number of benzene rings is 3. The van der Waals surface area contributed by atoms with E-state index < -0.39 is 0 Å². The van der Waals surface area contributed by atoms with Crippen molar-refractivity contribution in [1.82, 2.24) is 9.97 Å². The van der Waals surface area contributed by atoms with Crippen LogP contribution in [-0.2, 0) is 19.5 Å². The van der Waals surface area contributed by atoms with Crippen molar-refractivity contribution in [1.29, 1.82) is 0 Å². The molecule has 4 aromatic rings. The van der Waals surface area contributed by atoms with Crippen molar-refractivity contribution in [3.63, 3.8) is 0 Å². The molecular formula is C25H24N4. The van der Waals surface area contributed by atoms with Gasteiger partial charge in [-0.05, 0) is 47.7 Å². The Kier molecular flexibility index (Phi) is 4.60. The van der Waals surface area contributed by atoms with E-state index in [1.807, 2.05) is 18.2 Å². The lowest BCUT2D eigenvalue weighted by Gasteiger charge is -2.30. The third-order valence-electron chi connectivity index (χ3n) is 5.68. The van der Waals surface area contributed by atoms with Crippen molar-refractivity contribution in [2.45, 2.75) is 26.4 Å². The molecule has 0 unspecified atom stereocenters. The molecule has 0 saturated heterocycles. The van der Waals surface area contributed by atoms with Crippen LogP contribution in [0.5, 0.6) is 0 Å². The highest BCUT2D eigenvalue weighted by Crippen LogP contribution is 2.28. The van der Waals surface area contributed by atoms with Crippen LogP contribution in [0.2, 0.25) is 0 Å². The molecule has 29 heavy (non-hydrogen) atoms. The Balaban J connectivity index is 1.48. The van der Waals surface area contributed by atoms with Crippen molar-refractivity contribution in [3.8, 4) is 0 Å². The molecule has 5 rings (SSSR count). The molecule has 2 heterocycles. The molecule has 4 nitrogen and oxygen atoms in total. The van der Waals surface area contributed by atoms with Crippen molar-refractivity contribution < 1.29 is 0 Å². The molecule has 0 aliphatic carbocycles. The monoisotopic (exact) mass is 380 g/mol. The van der Waals surface area contributed by atoms with Crippen LogP contribution >= 0.6 is 0 Å². The van der Waals surface area contributed by atoms with Crippen LogP contribution in [0.25, 0.3) is 10.9 Å². The van der Waals surface area contributed by atoms with Crippen LogP contribution in [0.4, 0.5) is 11.8 Å². The van der Waals surface area contributed by atoms with Crippen LogP contribution in [0, 0.1) is 6.92 Å². The van der Waals surface area contributed by atoms with Gasteiger partial charge in [-0.25, -0.2) is 4.98 Å². The molecule has 0 fully saturated rings. The summed E-state index contributed by atoms with van der Waals surface area (Å²) in [7, 11) is 0. The van der Waals surface area contributed by atoms with Crippen LogP contribution in [0.3, 0.4) is 0 Å². The quantitative estimate of drug-likeness (QED) is 0.534. The second kappa shape index (κ2) is 7.55. The minimum Gasteiger partial charge on any atom is -0.365 e. The predicted molar refractivity (Wildman–Crippen MR) is 119 cm³/mol. The lowest BCUT2D eigenvalue weighted by molar-refractivity contribution is 0.707. The number of anilines is 2. The van der Waals surface area contributed by atoms with Crippen LogP contribution in [0.15, 0.2) is 72.8 Å². The molecular weight excluding hydrogens is 356 g/mol. The van der Waals surface area contributed by atoms with E-state index in [2.05, 4.69) is 71.7 Å². The second-order valence-electron chi connectivity index (χ2n) is 7.61. The minimum atomic E-state index is 0.739. The van der Waals surface area contributed by atoms with Crippen molar-refractivity contribution >= 4 is 22.7 Å². The first-order chi connectivity index (χ1) is 14.3. The molecule has 0 atom stereocenters. The Hall–Kier alpha value is -3.40. The Morgan fingerprint density at radius 3 is 2.62 bits per heavy atom. The Labute approximate surface area is 171 Å². The number of para-hydroxylation sites is 1. The number of aromatic nitrogens is 2. The van der Waals surface area contributed by atoms with E-state index in [0.29, 0.717) is 0 Å². The summed E-state index contributed by atoms with van der Waals surface area (Å²) in [6, 6.07) is 25.2. The summed E-state index contributed by atoms with van der Waals surface area (Å²) in [5.41, 5.74) is 6.45. The highest BCUT2D eigenvalue weighted by molar-refractivity contribution is 5.90. The van der Waals surface area contributed by atoms with Gasteiger partial charge in [0, 0.05) is 25.0 Å². The number of fused-ring (bicyclic) bond motifs is 2. The predicted octanol–water partition coefficient (Wildman–Crippen LogP) is 5.11. The van der Waals surface area contributed by atoms with Gasteiger partial charge in [-0.3, -0.25) is 0 Å². The Bertz CT molecular complexity index is 1150. The molecule has 1 aliphatic heterocycles. The molecule has 1 N–H and O–H groups in total. The maximum Gasteiger partial charge on any atom is 0.228 e. The largest absolute Gasteiger partial charge is 0.365 e. The summed E-state index contributed by atoms with van der Waals surface area (Å²) < 4.78 is 0. The van der Waals surface area contributed by atoms with E-state index in [4.69, 9.17) is 9.97 Å². The van der Waals surface area contributed by atoms with Crippen LogP contribution < -0.4 is 10.2 Å². The fourth-order valence-electron chi connectivity index (χ4n) is 4.09. The van der Waals surface area contributed by atoms with Gasteiger partial charge in [-0.2, -0.15) is 4.98 Å². The maximum absolute atomic E-state index is 4.94. The van der Waals surface area contributed by atoms with Crippen molar-refractivity contribution in [3.05, 3.63) is 95.1 Å². The summed E-state index contributed by atoms with van der Waals surface area (Å²) >= 11 is 0. The van der Waals surface area contributed by atoms with E-state index >= 15 is 0 Å². The van der Waals surface area contributed by atoms with E-state index in [1.165, 1.54) is 22.3 Å². The molecule has 1 aliphatic rings. The zero-order valence-electron chi connectivity index (χ0n) is 16.6. The second-order valence-corrected chi connectivity index (χ2v) is 7.61. The van der Waals surface area contributed by atoms with E-state index in [0.717, 1.165) is 48.7 Å². The van der Waals surface area contributed by atoms with Gasteiger partial charge in [-0.15, -0.1) is 0 Å².